The lowest BCUT2D eigenvalue weighted by atomic mass is 9.94. The van der Waals surface area contributed by atoms with Gasteiger partial charge >= 0.3 is 0 Å². The van der Waals surface area contributed by atoms with Crippen molar-refractivity contribution in [1.82, 2.24) is 25.6 Å². The van der Waals surface area contributed by atoms with Crippen molar-refractivity contribution in [3.63, 3.8) is 0 Å². The van der Waals surface area contributed by atoms with Gasteiger partial charge < -0.3 is 9.47 Å². The second-order valence-electron chi connectivity index (χ2n) is 8.20. The minimum absolute atomic E-state index is 0.378. The van der Waals surface area contributed by atoms with Crippen molar-refractivity contribution in [2.24, 2.45) is 0 Å². The minimum Gasteiger partial charge on any atom is -0.496 e. The molecule has 0 fully saturated rings. The van der Waals surface area contributed by atoms with Gasteiger partial charge in [0, 0.05) is 34.1 Å². The highest BCUT2D eigenvalue weighted by molar-refractivity contribution is 5.82. The van der Waals surface area contributed by atoms with Crippen LogP contribution in [-0.2, 0) is 25.9 Å². The molecule has 2 heterocycles. The van der Waals surface area contributed by atoms with E-state index in [0.29, 0.717) is 12.4 Å². The van der Waals surface area contributed by atoms with Crippen molar-refractivity contribution < 1.29 is 9.47 Å². The first-order valence-electron chi connectivity index (χ1n) is 11.4. The van der Waals surface area contributed by atoms with Gasteiger partial charge in [0.25, 0.3) is 0 Å². The van der Waals surface area contributed by atoms with Gasteiger partial charge in [0.05, 0.1) is 7.11 Å². The molecule has 0 aliphatic heterocycles. The highest BCUT2D eigenvalue weighted by Crippen LogP contribution is 2.37. The molecule has 7 nitrogen and oxygen atoms in total. The Morgan fingerprint density at radius 3 is 2.58 bits per heavy atom. The molecule has 0 unspecified atom stereocenters. The lowest BCUT2D eigenvalue weighted by molar-refractivity contribution is 0.291. The number of benzene rings is 2. The molecule has 0 amide bonds. The Bertz CT molecular complexity index is 1240. The van der Waals surface area contributed by atoms with Gasteiger partial charge in [-0.25, -0.2) is 0 Å². The van der Waals surface area contributed by atoms with E-state index in [2.05, 4.69) is 45.7 Å². The fourth-order valence-corrected chi connectivity index (χ4v) is 4.43. The van der Waals surface area contributed by atoms with Gasteiger partial charge in [-0.05, 0) is 60.6 Å². The number of aryl methyl sites for hydroxylation is 2. The van der Waals surface area contributed by atoms with Crippen molar-refractivity contribution in [1.29, 1.82) is 0 Å². The topological polar surface area (TPSA) is 85.8 Å². The highest BCUT2D eigenvalue weighted by Gasteiger charge is 2.20. The van der Waals surface area contributed by atoms with Crippen LogP contribution in [0.2, 0.25) is 0 Å². The molecule has 33 heavy (non-hydrogen) atoms. The normalized spacial score (nSPS) is 12.9. The van der Waals surface area contributed by atoms with Crippen molar-refractivity contribution in [2.75, 3.05) is 7.11 Å². The van der Waals surface area contributed by atoms with E-state index >= 15 is 0 Å². The van der Waals surface area contributed by atoms with Crippen LogP contribution in [0.25, 0.3) is 22.5 Å². The Hall–Kier alpha value is -3.74. The molecule has 0 spiro atoms. The number of nitrogens with one attached hydrogen (secondary N) is 1. The SMILES string of the molecule is CCc1cc(OCc2cc(-c3nn[nH]n3)c(-c3ccccc3)cc2OC)c2c(n1)CCCC2. The third-order valence-electron chi connectivity index (χ3n) is 6.15. The molecule has 0 saturated carbocycles. The highest BCUT2D eigenvalue weighted by atomic mass is 16.5. The molecule has 2 aromatic carbocycles. The number of nitrogens with zero attached hydrogens (tertiary/aromatic N) is 4. The molecule has 168 valence electrons. The maximum absolute atomic E-state index is 6.41. The van der Waals surface area contributed by atoms with Gasteiger partial charge in [-0.3, -0.25) is 4.98 Å². The van der Waals surface area contributed by atoms with Gasteiger partial charge in [-0.15, -0.1) is 10.2 Å². The molecule has 0 saturated heterocycles. The van der Waals surface area contributed by atoms with E-state index < -0.39 is 0 Å². The van der Waals surface area contributed by atoms with E-state index in [1.807, 2.05) is 30.3 Å². The van der Waals surface area contributed by atoms with Gasteiger partial charge in [0.2, 0.25) is 5.82 Å². The minimum atomic E-state index is 0.378. The summed E-state index contributed by atoms with van der Waals surface area (Å²) in [5.74, 6) is 2.24. The number of fused-ring (bicyclic) bond motifs is 1. The molecule has 1 N–H and O–H groups in total. The number of hydrogen-bond donors (Lipinski definition) is 1. The number of tetrazole rings is 1. The first-order valence-corrected chi connectivity index (χ1v) is 11.4. The van der Waals surface area contributed by atoms with Crippen LogP contribution in [0.4, 0.5) is 0 Å². The predicted octanol–water partition coefficient (Wildman–Crippen LogP) is 4.96. The Morgan fingerprint density at radius 1 is 0.970 bits per heavy atom. The quantitative estimate of drug-likeness (QED) is 0.436. The smallest absolute Gasteiger partial charge is 0.205 e. The molecular weight excluding hydrogens is 414 g/mol. The maximum Gasteiger partial charge on any atom is 0.205 e. The van der Waals surface area contributed by atoms with Crippen LogP contribution in [-0.4, -0.2) is 32.7 Å². The largest absolute Gasteiger partial charge is 0.496 e. The van der Waals surface area contributed by atoms with E-state index in [9.17, 15) is 0 Å². The number of pyridine rings is 1. The third-order valence-corrected chi connectivity index (χ3v) is 6.15. The van der Waals surface area contributed by atoms with Crippen molar-refractivity contribution >= 4 is 0 Å². The lowest BCUT2D eigenvalue weighted by Gasteiger charge is -2.21. The Kier molecular flexibility index (Phi) is 6.02. The average Bonchev–Trinajstić information content (AvgIpc) is 3.42. The average molecular weight is 442 g/mol. The van der Waals surface area contributed by atoms with E-state index in [-0.39, 0.29) is 0 Å². The van der Waals surface area contributed by atoms with Crippen LogP contribution in [0, 0.1) is 0 Å². The number of H-pyrrole nitrogens is 1. The van der Waals surface area contributed by atoms with E-state index in [1.54, 1.807) is 7.11 Å². The number of aromatic nitrogens is 5. The summed E-state index contributed by atoms with van der Waals surface area (Å²) in [6.07, 6.45) is 5.29. The molecule has 7 heteroatoms. The summed E-state index contributed by atoms with van der Waals surface area (Å²) < 4.78 is 12.2. The summed E-state index contributed by atoms with van der Waals surface area (Å²) in [6.45, 7) is 2.51. The number of hydrogen-bond acceptors (Lipinski definition) is 6. The Balaban J connectivity index is 1.54. The fraction of sp³-hybridized carbons (Fsp3) is 0.308. The number of methoxy groups -OCH3 is 1. The van der Waals surface area contributed by atoms with Crippen LogP contribution in [0.1, 0.15) is 42.3 Å². The standard InChI is InChI=1S/C26H27N5O2/c1-3-19-14-25(20-11-7-8-12-23(20)27-19)33-16-18-13-22(26-28-30-31-29-26)21(15-24(18)32-2)17-9-5-4-6-10-17/h4-6,9-10,13-15H,3,7-8,11-12,16H2,1-2H3,(H,28,29,30,31). The van der Waals surface area contributed by atoms with Gasteiger partial charge in [-0.1, -0.05) is 37.3 Å². The van der Waals surface area contributed by atoms with Crippen LogP contribution < -0.4 is 9.47 Å². The Labute approximate surface area is 193 Å². The molecule has 5 rings (SSSR count). The summed E-state index contributed by atoms with van der Waals surface area (Å²) in [4.78, 5) is 4.84. The maximum atomic E-state index is 6.41. The van der Waals surface area contributed by atoms with E-state index in [4.69, 9.17) is 14.5 Å². The van der Waals surface area contributed by atoms with Crippen LogP contribution in [0.3, 0.4) is 0 Å². The van der Waals surface area contributed by atoms with Gasteiger partial charge in [-0.2, -0.15) is 5.21 Å². The summed E-state index contributed by atoms with van der Waals surface area (Å²) in [7, 11) is 1.69. The van der Waals surface area contributed by atoms with Crippen molar-refractivity contribution in [2.45, 2.75) is 45.6 Å². The number of ether oxygens (including phenoxy) is 2. The number of aromatic amines is 1. The molecule has 2 aromatic heterocycles. The second kappa shape index (κ2) is 9.40. The monoisotopic (exact) mass is 441 g/mol. The molecule has 0 radical (unpaired) electrons. The van der Waals surface area contributed by atoms with Crippen LogP contribution >= 0.6 is 0 Å². The van der Waals surface area contributed by atoms with E-state index in [0.717, 1.165) is 58.7 Å². The number of rotatable bonds is 7. The van der Waals surface area contributed by atoms with Gasteiger partial charge in [0.15, 0.2) is 0 Å². The Morgan fingerprint density at radius 2 is 1.82 bits per heavy atom. The summed E-state index contributed by atoms with van der Waals surface area (Å²) >= 11 is 0. The van der Waals surface area contributed by atoms with E-state index in [1.165, 1.54) is 24.1 Å². The molecule has 4 aromatic rings. The molecular formula is C26H27N5O2. The second-order valence-corrected chi connectivity index (χ2v) is 8.20. The molecule has 0 atom stereocenters. The van der Waals surface area contributed by atoms with Crippen LogP contribution in [0.5, 0.6) is 11.5 Å². The summed E-state index contributed by atoms with van der Waals surface area (Å²) in [6, 6.07) is 16.3. The van der Waals surface area contributed by atoms with Crippen molar-refractivity contribution in [3.05, 3.63) is 71.0 Å². The lowest BCUT2D eigenvalue weighted by Crippen LogP contribution is -2.11. The zero-order valence-electron chi connectivity index (χ0n) is 19.0. The first kappa shape index (κ1) is 21.1. The predicted molar refractivity (Wildman–Crippen MR) is 126 cm³/mol. The zero-order valence-corrected chi connectivity index (χ0v) is 19.0. The summed E-state index contributed by atoms with van der Waals surface area (Å²) in [5.41, 5.74) is 7.35. The molecule has 1 aliphatic rings. The first-order chi connectivity index (χ1) is 16.3. The van der Waals surface area contributed by atoms with Gasteiger partial charge in [0.1, 0.15) is 18.1 Å². The summed E-state index contributed by atoms with van der Waals surface area (Å²) in [5, 5.41) is 14.8. The zero-order chi connectivity index (χ0) is 22.6. The fourth-order valence-electron chi connectivity index (χ4n) is 4.43. The molecule has 1 aliphatic carbocycles. The molecule has 0 bridgehead atoms. The van der Waals surface area contributed by atoms with Crippen molar-refractivity contribution in [3.8, 4) is 34.0 Å². The third kappa shape index (κ3) is 4.31. The van der Waals surface area contributed by atoms with Crippen LogP contribution in [0.15, 0.2) is 48.5 Å².